The second kappa shape index (κ2) is 8.82. The van der Waals surface area contributed by atoms with Crippen molar-refractivity contribution in [2.24, 2.45) is 0 Å². The Balaban J connectivity index is 0.00000225. The van der Waals surface area contributed by atoms with Crippen molar-refractivity contribution < 1.29 is 9.53 Å². The Morgan fingerprint density at radius 2 is 2.07 bits per heavy atom. The molecular weight excluding hydrogens is 399 g/mol. The maximum Gasteiger partial charge on any atom is 0.268 e. The summed E-state index contributed by atoms with van der Waals surface area (Å²) >= 11 is 6.06. The van der Waals surface area contributed by atoms with Crippen LogP contribution in [0.4, 0.5) is 11.5 Å². The summed E-state index contributed by atoms with van der Waals surface area (Å²) < 4.78 is 5.35. The number of H-pyrrole nitrogens is 1. The zero-order valence-corrected chi connectivity index (χ0v) is 17.0. The number of aromatic amines is 1. The summed E-state index contributed by atoms with van der Waals surface area (Å²) in [4.78, 5) is 20.5. The molecule has 2 aromatic heterocycles. The Bertz CT molecular complexity index is 983. The van der Waals surface area contributed by atoms with Gasteiger partial charge >= 0.3 is 0 Å². The number of hydrogen-bond donors (Lipinski definition) is 3. The van der Waals surface area contributed by atoms with Crippen LogP contribution < -0.4 is 10.6 Å². The van der Waals surface area contributed by atoms with Gasteiger partial charge in [-0.1, -0.05) is 17.7 Å². The van der Waals surface area contributed by atoms with Gasteiger partial charge in [0.15, 0.2) is 5.82 Å². The van der Waals surface area contributed by atoms with Gasteiger partial charge in [0, 0.05) is 41.5 Å². The van der Waals surface area contributed by atoms with Crippen molar-refractivity contribution in [3.05, 3.63) is 52.8 Å². The van der Waals surface area contributed by atoms with Crippen molar-refractivity contribution in [1.82, 2.24) is 15.3 Å². The lowest BCUT2D eigenvalue weighted by molar-refractivity contribution is 0.0694. The van der Waals surface area contributed by atoms with E-state index in [2.05, 4.69) is 20.6 Å². The number of pyridine rings is 1. The predicted octanol–water partition coefficient (Wildman–Crippen LogP) is 4.60. The van der Waals surface area contributed by atoms with E-state index >= 15 is 0 Å². The molecule has 6 nitrogen and oxygen atoms in total. The Kier molecular flexibility index (Phi) is 6.44. The van der Waals surface area contributed by atoms with Gasteiger partial charge < -0.3 is 20.4 Å². The molecule has 148 valence electrons. The molecule has 1 fully saturated rings. The third-order valence-electron chi connectivity index (χ3n) is 4.85. The number of carbonyl (C=O) groups excluding carboxylic acids is 1. The van der Waals surface area contributed by atoms with E-state index in [-0.39, 0.29) is 24.4 Å². The Morgan fingerprint density at radius 1 is 1.29 bits per heavy atom. The Morgan fingerprint density at radius 3 is 2.82 bits per heavy atom. The zero-order chi connectivity index (χ0) is 18.8. The maximum absolute atomic E-state index is 12.8. The highest BCUT2D eigenvalue weighted by atomic mass is 35.5. The van der Waals surface area contributed by atoms with Gasteiger partial charge in [0.25, 0.3) is 5.91 Å². The molecule has 4 rings (SSSR count). The number of benzene rings is 1. The molecule has 1 amide bonds. The number of aromatic nitrogens is 2. The lowest BCUT2D eigenvalue weighted by Gasteiger charge is -2.22. The van der Waals surface area contributed by atoms with Crippen LogP contribution in [0.3, 0.4) is 0 Å². The first kappa shape index (κ1) is 20.5. The minimum atomic E-state index is -0.0932. The van der Waals surface area contributed by atoms with Crippen LogP contribution >= 0.6 is 24.0 Å². The molecule has 0 atom stereocenters. The third kappa shape index (κ3) is 4.24. The van der Waals surface area contributed by atoms with E-state index in [0.29, 0.717) is 29.7 Å². The number of amides is 1. The van der Waals surface area contributed by atoms with Crippen LogP contribution in [-0.2, 0) is 4.74 Å². The molecule has 0 bridgehead atoms. The third-order valence-corrected chi connectivity index (χ3v) is 5.09. The fourth-order valence-electron chi connectivity index (χ4n) is 3.38. The molecule has 1 saturated heterocycles. The first-order chi connectivity index (χ1) is 13.1. The topological polar surface area (TPSA) is 79.0 Å². The number of nitrogens with one attached hydrogen (secondary N) is 3. The minimum Gasteiger partial charge on any atom is -0.381 e. The van der Waals surface area contributed by atoms with Crippen molar-refractivity contribution >= 4 is 52.3 Å². The molecule has 1 aliphatic heterocycles. The van der Waals surface area contributed by atoms with E-state index in [1.165, 1.54) is 0 Å². The van der Waals surface area contributed by atoms with E-state index in [1.54, 1.807) is 6.20 Å². The van der Waals surface area contributed by atoms with Crippen LogP contribution in [0.2, 0.25) is 5.02 Å². The second-order valence-corrected chi connectivity index (χ2v) is 7.14. The molecule has 0 spiro atoms. The number of carbonyl (C=O) groups is 1. The number of halogens is 2. The van der Waals surface area contributed by atoms with E-state index in [0.717, 1.165) is 35.0 Å². The lowest BCUT2D eigenvalue weighted by Crippen LogP contribution is -2.39. The predicted molar refractivity (Wildman–Crippen MR) is 114 cm³/mol. The average molecular weight is 421 g/mol. The summed E-state index contributed by atoms with van der Waals surface area (Å²) in [6.07, 6.45) is 3.42. The number of nitrogens with zero attached hydrogens (tertiary/aromatic N) is 1. The van der Waals surface area contributed by atoms with Crippen LogP contribution in [0.1, 0.15) is 28.9 Å². The second-order valence-electron chi connectivity index (χ2n) is 6.70. The SMILES string of the molecule is Cc1c(C(=O)NC2CCOCC2)[nH]c2c(Nc3cccc(Cl)c3)nccc12.Cl. The van der Waals surface area contributed by atoms with Gasteiger partial charge in [0.1, 0.15) is 5.69 Å². The van der Waals surface area contributed by atoms with Crippen LogP contribution in [-0.4, -0.2) is 35.1 Å². The molecule has 0 radical (unpaired) electrons. The van der Waals surface area contributed by atoms with Crippen LogP contribution in [0.5, 0.6) is 0 Å². The fourth-order valence-corrected chi connectivity index (χ4v) is 3.57. The minimum absolute atomic E-state index is 0. The number of anilines is 2. The molecule has 8 heteroatoms. The quantitative estimate of drug-likeness (QED) is 0.576. The monoisotopic (exact) mass is 420 g/mol. The summed E-state index contributed by atoms with van der Waals surface area (Å²) in [5.74, 6) is 0.562. The molecule has 0 saturated carbocycles. The van der Waals surface area contributed by atoms with Gasteiger partial charge in [-0.3, -0.25) is 4.79 Å². The Hall–Kier alpha value is -2.28. The number of hydrogen-bond acceptors (Lipinski definition) is 4. The summed E-state index contributed by atoms with van der Waals surface area (Å²) in [5.41, 5.74) is 3.11. The van der Waals surface area contributed by atoms with Gasteiger partial charge in [0.05, 0.1) is 5.52 Å². The average Bonchev–Trinajstić information content (AvgIpc) is 3.01. The summed E-state index contributed by atoms with van der Waals surface area (Å²) in [7, 11) is 0. The molecule has 1 aliphatic rings. The van der Waals surface area contributed by atoms with Crippen molar-refractivity contribution in [1.29, 1.82) is 0 Å². The van der Waals surface area contributed by atoms with E-state index in [9.17, 15) is 4.79 Å². The molecular formula is C20H22Cl2N4O2. The normalized spacial score (nSPS) is 14.5. The summed E-state index contributed by atoms with van der Waals surface area (Å²) in [6, 6.07) is 9.50. The van der Waals surface area contributed by atoms with Crippen molar-refractivity contribution in [2.45, 2.75) is 25.8 Å². The number of rotatable bonds is 4. The van der Waals surface area contributed by atoms with E-state index in [4.69, 9.17) is 16.3 Å². The zero-order valence-electron chi connectivity index (χ0n) is 15.4. The number of ether oxygens (including phenoxy) is 1. The van der Waals surface area contributed by atoms with Gasteiger partial charge in [-0.05, 0) is 49.6 Å². The first-order valence-electron chi connectivity index (χ1n) is 9.00. The van der Waals surface area contributed by atoms with Crippen LogP contribution in [0.25, 0.3) is 10.9 Å². The molecule has 0 unspecified atom stereocenters. The van der Waals surface area contributed by atoms with Crippen molar-refractivity contribution in [3.8, 4) is 0 Å². The maximum atomic E-state index is 12.8. The molecule has 1 aromatic carbocycles. The van der Waals surface area contributed by atoms with Gasteiger partial charge in [0.2, 0.25) is 0 Å². The van der Waals surface area contributed by atoms with Gasteiger partial charge in [-0.25, -0.2) is 4.98 Å². The molecule has 0 aliphatic carbocycles. The van der Waals surface area contributed by atoms with E-state index in [1.807, 2.05) is 37.3 Å². The number of fused-ring (bicyclic) bond motifs is 1. The molecule has 3 N–H and O–H groups in total. The highest BCUT2D eigenvalue weighted by molar-refractivity contribution is 6.30. The Labute approximate surface area is 174 Å². The van der Waals surface area contributed by atoms with Crippen molar-refractivity contribution in [2.75, 3.05) is 18.5 Å². The van der Waals surface area contributed by atoms with Crippen LogP contribution in [0.15, 0.2) is 36.5 Å². The van der Waals surface area contributed by atoms with Gasteiger partial charge in [-0.2, -0.15) is 0 Å². The smallest absolute Gasteiger partial charge is 0.268 e. The lowest BCUT2D eigenvalue weighted by atomic mass is 10.1. The molecule has 3 heterocycles. The van der Waals surface area contributed by atoms with Gasteiger partial charge in [-0.15, -0.1) is 12.4 Å². The summed E-state index contributed by atoms with van der Waals surface area (Å²) in [6.45, 7) is 3.32. The molecule has 28 heavy (non-hydrogen) atoms. The van der Waals surface area contributed by atoms with Crippen LogP contribution in [0, 0.1) is 6.92 Å². The standard InChI is InChI=1S/C20H21ClN4O2.ClH/c1-12-16-5-8-22-19(23-15-4-2-3-13(21)11-15)18(16)25-17(12)20(26)24-14-6-9-27-10-7-14;/h2-5,8,11,14,25H,6-7,9-10H2,1H3,(H,22,23)(H,24,26);1H. The first-order valence-corrected chi connectivity index (χ1v) is 9.38. The van der Waals surface area contributed by atoms with E-state index < -0.39 is 0 Å². The number of aryl methyl sites for hydroxylation is 1. The highest BCUT2D eigenvalue weighted by Gasteiger charge is 2.21. The largest absolute Gasteiger partial charge is 0.381 e. The molecule has 3 aromatic rings. The fraction of sp³-hybridized carbons (Fsp3) is 0.300. The van der Waals surface area contributed by atoms with Crippen molar-refractivity contribution in [3.63, 3.8) is 0 Å². The summed E-state index contributed by atoms with van der Waals surface area (Å²) in [5, 5.41) is 7.99. The highest BCUT2D eigenvalue weighted by Crippen LogP contribution is 2.29.